The number of hydrogen-bond acceptors (Lipinski definition) is 5. The highest BCUT2D eigenvalue weighted by molar-refractivity contribution is 5.96. The van der Waals surface area contributed by atoms with Crippen LogP contribution in [0.15, 0.2) is 30.5 Å². The number of carbonyl (C=O) groups excluding carboxylic acids is 1. The first-order valence-corrected chi connectivity index (χ1v) is 8.11. The van der Waals surface area contributed by atoms with E-state index >= 15 is 0 Å². The largest absolute Gasteiger partial charge is 0.368 e. The summed E-state index contributed by atoms with van der Waals surface area (Å²) >= 11 is 0. The molecule has 0 aliphatic carbocycles. The van der Waals surface area contributed by atoms with Gasteiger partial charge in [0.05, 0.1) is 5.56 Å². The number of fused-ring (bicyclic) bond motifs is 1. The molecule has 9 heteroatoms. The summed E-state index contributed by atoms with van der Waals surface area (Å²) in [5.41, 5.74) is 5.00. The molecular weight excluding hydrogens is 354 g/mol. The van der Waals surface area contributed by atoms with Crippen LogP contribution >= 0.6 is 0 Å². The third kappa shape index (κ3) is 4.08. The zero-order valence-electron chi connectivity index (χ0n) is 15.0. The van der Waals surface area contributed by atoms with Crippen LogP contribution in [0, 0.1) is 11.6 Å². The summed E-state index contributed by atoms with van der Waals surface area (Å²) in [5, 5.41) is 5.66. The first-order chi connectivity index (χ1) is 12.6. The van der Waals surface area contributed by atoms with Gasteiger partial charge in [-0.1, -0.05) is 6.07 Å². The zero-order valence-corrected chi connectivity index (χ0v) is 15.0. The van der Waals surface area contributed by atoms with Gasteiger partial charge in [-0.15, -0.1) is 0 Å². The zero-order chi connectivity index (χ0) is 19.8. The molecule has 0 saturated heterocycles. The minimum atomic E-state index is -0.785. The monoisotopic (exact) mass is 372 g/mol. The number of halogens is 2. The molecule has 0 spiro atoms. The van der Waals surface area contributed by atoms with Gasteiger partial charge in [0.1, 0.15) is 17.5 Å². The Bertz CT molecular complexity index is 1010. The first kappa shape index (κ1) is 18.4. The third-order valence-electron chi connectivity index (χ3n) is 3.54. The molecule has 0 aliphatic heterocycles. The molecule has 2 aromatic heterocycles. The van der Waals surface area contributed by atoms with Crippen LogP contribution in [0.1, 0.15) is 20.8 Å². The molecule has 27 heavy (non-hydrogen) atoms. The van der Waals surface area contributed by atoms with Crippen LogP contribution in [0.4, 0.5) is 25.3 Å². The highest BCUT2D eigenvalue weighted by Crippen LogP contribution is 2.33. The van der Waals surface area contributed by atoms with E-state index in [0.29, 0.717) is 5.39 Å². The van der Waals surface area contributed by atoms with Crippen LogP contribution < -0.4 is 16.4 Å². The van der Waals surface area contributed by atoms with Gasteiger partial charge in [-0.2, -0.15) is 4.98 Å². The van der Waals surface area contributed by atoms with Gasteiger partial charge in [0.2, 0.25) is 5.95 Å². The molecule has 3 aromatic rings. The highest BCUT2D eigenvalue weighted by atomic mass is 19.1. The number of amides is 2. The number of anilines is 2. The van der Waals surface area contributed by atoms with E-state index in [4.69, 9.17) is 5.73 Å². The SMILES string of the molecule is CC(C)(C)NC(=O)Nc1nc2nc(N)ncc2cc1-c1c(F)cccc1F. The predicted octanol–water partition coefficient (Wildman–Crippen LogP) is 3.47. The number of nitrogen functional groups attached to an aromatic ring is 1. The van der Waals surface area contributed by atoms with Crippen LogP contribution in [0.3, 0.4) is 0 Å². The van der Waals surface area contributed by atoms with Crippen molar-refractivity contribution in [1.29, 1.82) is 0 Å². The Labute approximate surface area is 154 Å². The smallest absolute Gasteiger partial charge is 0.320 e. The molecular formula is C18H18F2N6O. The van der Waals surface area contributed by atoms with Crippen LogP contribution in [0.2, 0.25) is 0 Å². The van der Waals surface area contributed by atoms with Crippen LogP contribution in [0.5, 0.6) is 0 Å². The molecule has 7 nitrogen and oxygen atoms in total. The van der Waals surface area contributed by atoms with Crippen molar-refractivity contribution in [3.05, 3.63) is 42.1 Å². The lowest BCUT2D eigenvalue weighted by Gasteiger charge is -2.21. The summed E-state index contributed by atoms with van der Waals surface area (Å²) in [6.07, 6.45) is 1.39. The highest BCUT2D eigenvalue weighted by Gasteiger charge is 2.21. The van der Waals surface area contributed by atoms with Gasteiger partial charge in [-0.05, 0) is 39.0 Å². The maximum absolute atomic E-state index is 14.3. The van der Waals surface area contributed by atoms with Crippen molar-refractivity contribution in [2.75, 3.05) is 11.1 Å². The Morgan fingerprint density at radius 1 is 1.15 bits per heavy atom. The van der Waals surface area contributed by atoms with Gasteiger partial charge >= 0.3 is 6.03 Å². The van der Waals surface area contributed by atoms with Gasteiger partial charge in [0.15, 0.2) is 5.65 Å². The van der Waals surface area contributed by atoms with E-state index in [1.165, 1.54) is 18.3 Å². The fraction of sp³-hybridized carbons (Fsp3) is 0.222. The van der Waals surface area contributed by atoms with Gasteiger partial charge in [-0.25, -0.2) is 23.5 Å². The number of hydrogen-bond donors (Lipinski definition) is 3. The van der Waals surface area contributed by atoms with E-state index in [2.05, 4.69) is 25.6 Å². The van der Waals surface area contributed by atoms with E-state index in [1.54, 1.807) is 20.8 Å². The second kappa shape index (κ2) is 6.75. The Morgan fingerprint density at radius 2 is 1.81 bits per heavy atom. The van der Waals surface area contributed by atoms with E-state index in [1.807, 2.05) is 0 Å². The minimum Gasteiger partial charge on any atom is -0.368 e. The molecule has 2 amide bonds. The topological polar surface area (TPSA) is 106 Å². The maximum Gasteiger partial charge on any atom is 0.320 e. The van der Waals surface area contributed by atoms with E-state index < -0.39 is 23.2 Å². The number of nitrogens with one attached hydrogen (secondary N) is 2. The number of pyridine rings is 1. The fourth-order valence-electron chi connectivity index (χ4n) is 2.50. The molecule has 0 aliphatic rings. The second-order valence-corrected chi connectivity index (χ2v) is 6.95. The summed E-state index contributed by atoms with van der Waals surface area (Å²) in [4.78, 5) is 24.4. The summed E-state index contributed by atoms with van der Waals surface area (Å²) < 4.78 is 28.7. The lowest BCUT2D eigenvalue weighted by Crippen LogP contribution is -2.43. The second-order valence-electron chi connectivity index (χ2n) is 6.95. The summed E-state index contributed by atoms with van der Waals surface area (Å²) in [6.45, 7) is 5.39. The summed E-state index contributed by atoms with van der Waals surface area (Å²) in [7, 11) is 0. The number of aromatic nitrogens is 3. The lowest BCUT2D eigenvalue weighted by atomic mass is 10.0. The number of carbonyl (C=O) groups is 1. The number of nitrogens with two attached hydrogens (primary N) is 1. The number of benzene rings is 1. The van der Waals surface area contributed by atoms with Gasteiger partial charge < -0.3 is 11.1 Å². The average Bonchev–Trinajstić information content (AvgIpc) is 2.53. The van der Waals surface area contributed by atoms with Gasteiger partial charge in [0, 0.05) is 22.7 Å². The Morgan fingerprint density at radius 3 is 2.44 bits per heavy atom. The van der Waals surface area contributed by atoms with Crippen molar-refractivity contribution in [2.24, 2.45) is 0 Å². The molecule has 0 fully saturated rings. The molecule has 0 bridgehead atoms. The molecule has 0 saturated carbocycles. The van der Waals surface area contributed by atoms with Gasteiger partial charge in [0.25, 0.3) is 0 Å². The van der Waals surface area contributed by atoms with E-state index in [9.17, 15) is 13.6 Å². The summed E-state index contributed by atoms with van der Waals surface area (Å²) in [6, 6.07) is 4.39. The quantitative estimate of drug-likeness (QED) is 0.639. The summed E-state index contributed by atoms with van der Waals surface area (Å²) in [5.74, 6) is -1.63. The fourth-order valence-corrected chi connectivity index (χ4v) is 2.50. The van der Waals surface area contributed by atoms with Crippen LogP contribution in [0.25, 0.3) is 22.2 Å². The molecule has 0 radical (unpaired) electrons. The molecule has 4 N–H and O–H groups in total. The molecule has 0 unspecified atom stereocenters. The van der Waals surface area contributed by atoms with Crippen LogP contribution in [-0.4, -0.2) is 26.5 Å². The van der Waals surface area contributed by atoms with Crippen molar-refractivity contribution in [3.63, 3.8) is 0 Å². The number of nitrogens with zero attached hydrogens (tertiary/aromatic N) is 3. The van der Waals surface area contributed by atoms with Crippen molar-refractivity contribution in [2.45, 2.75) is 26.3 Å². The molecule has 2 heterocycles. The molecule has 140 valence electrons. The minimum absolute atomic E-state index is 0.00934. The van der Waals surface area contributed by atoms with E-state index in [-0.39, 0.29) is 28.5 Å². The van der Waals surface area contributed by atoms with Crippen molar-refractivity contribution in [1.82, 2.24) is 20.3 Å². The normalized spacial score (nSPS) is 11.4. The molecule has 0 atom stereocenters. The number of urea groups is 1. The van der Waals surface area contributed by atoms with Crippen molar-refractivity contribution < 1.29 is 13.6 Å². The standard InChI is InChI=1S/C18H18F2N6O/c1-18(2,3)26-17(27)25-15-10(13-11(19)5-4-6-12(13)20)7-9-8-22-16(21)24-14(9)23-15/h4-8H,1-3H3,(H4,21,22,23,24,25,26,27). The number of rotatable bonds is 2. The molecule has 3 rings (SSSR count). The predicted molar refractivity (Wildman–Crippen MR) is 99.0 cm³/mol. The third-order valence-corrected chi connectivity index (χ3v) is 3.54. The Balaban J connectivity index is 2.18. The Hall–Kier alpha value is -3.36. The van der Waals surface area contributed by atoms with E-state index in [0.717, 1.165) is 12.1 Å². The average molecular weight is 372 g/mol. The lowest BCUT2D eigenvalue weighted by molar-refractivity contribution is 0.243. The van der Waals surface area contributed by atoms with Crippen molar-refractivity contribution >= 4 is 28.8 Å². The molecule has 1 aromatic carbocycles. The van der Waals surface area contributed by atoms with Crippen LogP contribution in [-0.2, 0) is 0 Å². The Kier molecular flexibility index (Phi) is 4.61. The van der Waals surface area contributed by atoms with Crippen molar-refractivity contribution in [3.8, 4) is 11.1 Å². The maximum atomic E-state index is 14.3. The first-order valence-electron chi connectivity index (χ1n) is 8.11. The van der Waals surface area contributed by atoms with Gasteiger partial charge in [-0.3, -0.25) is 5.32 Å².